The van der Waals surface area contributed by atoms with E-state index < -0.39 is 11.6 Å². The number of hydrogen-bond donors (Lipinski definition) is 3. The van der Waals surface area contributed by atoms with Crippen molar-refractivity contribution in [2.45, 2.75) is 24.8 Å². The number of carbonyl (C=O) groups is 1. The molecule has 1 fully saturated rings. The number of nitrogens with one attached hydrogen (secondary N) is 3. The van der Waals surface area contributed by atoms with Gasteiger partial charge in [0.25, 0.3) is 0 Å². The summed E-state index contributed by atoms with van der Waals surface area (Å²) in [5.74, 6) is -1.89. The van der Waals surface area contributed by atoms with E-state index in [9.17, 15) is 13.6 Å². The predicted molar refractivity (Wildman–Crippen MR) is 98.3 cm³/mol. The minimum atomic E-state index is -0.860. The van der Waals surface area contributed by atoms with Crippen LogP contribution in [-0.2, 0) is 11.2 Å². The second-order valence-corrected chi connectivity index (χ2v) is 6.84. The lowest BCUT2D eigenvalue weighted by atomic mass is 9.86. The second kappa shape index (κ2) is 7.44. The van der Waals surface area contributed by atoms with E-state index in [-0.39, 0.29) is 24.3 Å². The number of benzene rings is 1. The average molecular weight is 370 g/mol. The predicted octanol–water partition coefficient (Wildman–Crippen LogP) is 2.65. The fourth-order valence-corrected chi connectivity index (χ4v) is 3.74. The van der Waals surface area contributed by atoms with Gasteiger partial charge in [0.2, 0.25) is 5.91 Å². The van der Waals surface area contributed by atoms with Gasteiger partial charge in [-0.1, -0.05) is 6.07 Å². The fraction of sp³-hybridized carbons (Fsp3) is 0.300. The van der Waals surface area contributed by atoms with E-state index in [4.69, 9.17) is 0 Å². The first-order chi connectivity index (χ1) is 13.1. The number of nitrogens with zero attached hydrogens (tertiary/aromatic N) is 1. The van der Waals surface area contributed by atoms with Crippen LogP contribution >= 0.6 is 0 Å². The molecule has 1 aliphatic heterocycles. The Balaban J connectivity index is 1.49. The standard InChI is InChI=1S/C20H20F2N4O/c21-16-4-3-12(8-17(16)22)14-5-7-23-11-18(14)26-19(27)9-13-10-25-20-15(13)2-1-6-24-20/h1-4,6,8,10,14,18,23H,5,7,9,11H2,(H,24,25)(H,26,27). The van der Waals surface area contributed by atoms with E-state index in [0.29, 0.717) is 12.1 Å². The number of piperidine rings is 1. The minimum absolute atomic E-state index is 0.0602. The molecule has 3 heterocycles. The molecule has 4 rings (SSSR count). The zero-order chi connectivity index (χ0) is 18.8. The van der Waals surface area contributed by atoms with Gasteiger partial charge < -0.3 is 15.6 Å². The summed E-state index contributed by atoms with van der Waals surface area (Å²) in [6, 6.07) is 7.55. The quantitative estimate of drug-likeness (QED) is 0.661. The molecule has 3 aromatic rings. The third-order valence-corrected chi connectivity index (χ3v) is 5.09. The summed E-state index contributed by atoms with van der Waals surface area (Å²) < 4.78 is 26.9. The summed E-state index contributed by atoms with van der Waals surface area (Å²) in [7, 11) is 0. The fourth-order valence-electron chi connectivity index (χ4n) is 3.74. The molecule has 1 aliphatic rings. The van der Waals surface area contributed by atoms with Gasteiger partial charge in [-0.15, -0.1) is 0 Å². The highest BCUT2D eigenvalue weighted by molar-refractivity contribution is 5.87. The van der Waals surface area contributed by atoms with Gasteiger partial charge in [-0.05, 0) is 48.4 Å². The average Bonchev–Trinajstić information content (AvgIpc) is 3.07. The van der Waals surface area contributed by atoms with Crippen molar-refractivity contribution < 1.29 is 13.6 Å². The Morgan fingerprint density at radius 1 is 1.26 bits per heavy atom. The van der Waals surface area contributed by atoms with Gasteiger partial charge in [-0.2, -0.15) is 0 Å². The number of aromatic nitrogens is 2. The van der Waals surface area contributed by atoms with E-state index in [2.05, 4.69) is 20.6 Å². The topological polar surface area (TPSA) is 69.8 Å². The van der Waals surface area contributed by atoms with E-state index in [0.717, 1.165) is 35.6 Å². The molecule has 0 bridgehead atoms. The first kappa shape index (κ1) is 17.6. The molecule has 27 heavy (non-hydrogen) atoms. The molecule has 1 aromatic carbocycles. The van der Waals surface area contributed by atoms with E-state index in [1.165, 1.54) is 6.07 Å². The van der Waals surface area contributed by atoms with Crippen molar-refractivity contribution in [2.24, 2.45) is 0 Å². The molecule has 5 nitrogen and oxygen atoms in total. The van der Waals surface area contributed by atoms with Crippen molar-refractivity contribution in [1.82, 2.24) is 20.6 Å². The van der Waals surface area contributed by atoms with Gasteiger partial charge in [0.05, 0.1) is 6.42 Å². The lowest BCUT2D eigenvalue weighted by Gasteiger charge is -2.33. The van der Waals surface area contributed by atoms with Crippen LogP contribution in [-0.4, -0.2) is 35.0 Å². The summed E-state index contributed by atoms with van der Waals surface area (Å²) in [4.78, 5) is 19.9. The van der Waals surface area contributed by atoms with Crippen molar-refractivity contribution in [2.75, 3.05) is 13.1 Å². The van der Waals surface area contributed by atoms with Crippen LogP contribution in [0.1, 0.15) is 23.5 Å². The van der Waals surface area contributed by atoms with Crippen LogP contribution < -0.4 is 10.6 Å². The highest BCUT2D eigenvalue weighted by Gasteiger charge is 2.28. The third kappa shape index (κ3) is 3.68. The molecular weight excluding hydrogens is 350 g/mol. The lowest BCUT2D eigenvalue weighted by molar-refractivity contribution is -0.121. The van der Waals surface area contributed by atoms with Crippen LogP contribution in [0.4, 0.5) is 8.78 Å². The first-order valence-electron chi connectivity index (χ1n) is 8.98. The van der Waals surface area contributed by atoms with E-state index in [1.54, 1.807) is 18.5 Å². The monoisotopic (exact) mass is 370 g/mol. The molecule has 0 saturated carbocycles. The summed E-state index contributed by atoms with van der Waals surface area (Å²) >= 11 is 0. The number of halogens is 2. The van der Waals surface area contributed by atoms with Crippen LogP contribution in [0.3, 0.4) is 0 Å². The van der Waals surface area contributed by atoms with Crippen LogP contribution in [0, 0.1) is 11.6 Å². The number of aromatic amines is 1. The first-order valence-corrected chi connectivity index (χ1v) is 8.98. The largest absolute Gasteiger partial charge is 0.351 e. The number of hydrogen-bond acceptors (Lipinski definition) is 3. The Bertz CT molecular complexity index is 972. The number of H-pyrrole nitrogens is 1. The van der Waals surface area contributed by atoms with E-state index >= 15 is 0 Å². The molecule has 1 saturated heterocycles. The molecule has 7 heteroatoms. The highest BCUT2D eigenvalue weighted by atomic mass is 19.2. The number of fused-ring (bicyclic) bond motifs is 1. The molecular formula is C20H20F2N4O. The SMILES string of the molecule is O=C(Cc1c[nH]c2ncccc12)NC1CNCCC1c1ccc(F)c(F)c1. The maximum absolute atomic E-state index is 13.6. The zero-order valence-corrected chi connectivity index (χ0v) is 14.6. The van der Waals surface area contributed by atoms with Gasteiger partial charge in [0.15, 0.2) is 11.6 Å². The Hall–Kier alpha value is -2.80. The summed E-state index contributed by atoms with van der Waals surface area (Å²) in [5.41, 5.74) is 2.33. The Morgan fingerprint density at radius 3 is 3.00 bits per heavy atom. The zero-order valence-electron chi connectivity index (χ0n) is 14.6. The van der Waals surface area contributed by atoms with Crippen LogP contribution in [0.2, 0.25) is 0 Å². The molecule has 0 spiro atoms. The molecule has 140 valence electrons. The van der Waals surface area contributed by atoms with Gasteiger partial charge >= 0.3 is 0 Å². The molecule has 3 N–H and O–H groups in total. The Morgan fingerprint density at radius 2 is 2.15 bits per heavy atom. The molecule has 0 radical (unpaired) electrons. The van der Waals surface area contributed by atoms with Gasteiger partial charge in [0, 0.05) is 36.3 Å². The highest BCUT2D eigenvalue weighted by Crippen LogP contribution is 2.27. The molecule has 2 atom stereocenters. The van der Waals surface area contributed by atoms with Crippen molar-refractivity contribution in [3.63, 3.8) is 0 Å². The minimum Gasteiger partial charge on any atom is -0.351 e. The van der Waals surface area contributed by atoms with E-state index in [1.807, 2.05) is 12.1 Å². The van der Waals surface area contributed by atoms with Crippen LogP contribution in [0.5, 0.6) is 0 Å². The summed E-state index contributed by atoms with van der Waals surface area (Å²) in [6.45, 7) is 1.36. The molecule has 0 aliphatic carbocycles. The Kier molecular flexibility index (Phi) is 4.85. The van der Waals surface area contributed by atoms with Crippen LogP contribution in [0.15, 0.2) is 42.7 Å². The number of pyridine rings is 1. The maximum atomic E-state index is 13.6. The molecule has 2 aromatic heterocycles. The van der Waals surface area contributed by atoms with Crippen molar-refractivity contribution in [3.8, 4) is 0 Å². The number of rotatable bonds is 4. The van der Waals surface area contributed by atoms with Gasteiger partial charge in [0.1, 0.15) is 5.65 Å². The Labute approximate surface area is 155 Å². The van der Waals surface area contributed by atoms with Gasteiger partial charge in [-0.25, -0.2) is 13.8 Å². The van der Waals surface area contributed by atoms with Crippen molar-refractivity contribution in [1.29, 1.82) is 0 Å². The maximum Gasteiger partial charge on any atom is 0.224 e. The smallest absolute Gasteiger partial charge is 0.224 e. The summed E-state index contributed by atoms with van der Waals surface area (Å²) in [5, 5.41) is 7.23. The molecule has 2 unspecified atom stereocenters. The normalized spacial score (nSPS) is 19.9. The third-order valence-electron chi connectivity index (χ3n) is 5.09. The number of amides is 1. The number of carbonyl (C=O) groups excluding carboxylic acids is 1. The summed E-state index contributed by atoms with van der Waals surface area (Å²) in [6.07, 6.45) is 4.46. The lowest BCUT2D eigenvalue weighted by Crippen LogP contribution is -2.50. The molecule has 1 amide bonds. The van der Waals surface area contributed by atoms with Crippen LogP contribution in [0.25, 0.3) is 11.0 Å². The second-order valence-electron chi connectivity index (χ2n) is 6.84. The van der Waals surface area contributed by atoms with Gasteiger partial charge in [-0.3, -0.25) is 4.79 Å². The van der Waals surface area contributed by atoms with Crippen molar-refractivity contribution in [3.05, 3.63) is 65.5 Å². The van der Waals surface area contributed by atoms with Crippen molar-refractivity contribution >= 4 is 16.9 Å².